The minimum atomic E-state index is -0.314. The number of aromatic nitrogens is 4. The second-order valence-electron chi connectivity index (χ2n) is 4.56. The molecule has 0 bridgehead atoms. The van der Waals surface area contributed by atoms with Gasteiger partial charge < -0.3 is 0 Å². The van der Waals surface area contributed by atoms with E-state index in [2.05, 4.69) is 15.1 Å². The highest BCUT2D eigenvalue weighted by Gasteiger charge is 2.15. The largest absolute Gasteiger partial charge is 0.349 e. The quantitative estimate of drug-likeness (QED) is 0.714. The van der Waals surface area contributed by atoms with Crippen LogP contribution in [-0.2, 0) is 0 Å². The summed E-state index contributed by atoms with van der Waals surface area (Å²) >= 11 is 0. The number of rotatable bonds is 2. The number of H-pyrrole nitrogens is 1. The maximum Gasteiger partial charge on any atom is 0.349 e. The van der Waals surface area contributed by atoms with E-state index in [9.17, 15) is 9.59 Å². The van der Waals surface area contributed by atoms with Crippen molar-refractivity contribution in [3.63, 3.8) is 0 Å². The molecule has 0 atom stereocenters. The maximum absolute atomic E-state index is 11.9. The summed E-state index contributed by atoms with van der Waals surface area (Å²) in [6, 6.07) is 7.11. The molecule has 1 aromatic carbocycles. The third kappa shape index (κ3) is 1.82. The Morgan fingerprint density at radius 2 is 1.90 bits per heavy atom. The molecule has 20 heavy (non-hydrogen) atoms. The molecule has 0 saturated carbocycles. The lowest BCUT2D eigenvalue weighted by Gasteiger charge is -2.01. The molecule has 3 aromatic rings. The van der Waals surface area contributed by atoms with Crippen molar-refractivity contribution in [1.29, 1.82) is 0 Å². The van der Waals surface area contributed by atoms with Crippen LogP contribution in [0.25, 0.3) is 16.8 Å². The van der Waals surface area contributed by atoms with Gasteiger partial charge in [0.1, 0.15) is 12.1 Å². The van der Waals surface area contributed by atoms with Crippen LogP contribution < -0.4 is 5.69 Å². The van der Waals surface area contributed by atoms with Crippen molar-refractivity contribution in [1.82, 2.24) is 19.6 Å². The Balaban J connectivity index is 2.32. The first-order valence-corrected chi connectivity index (χ1v) is 6.12. The van der Waals surface area contributed by atoms with Crippen LogP contribution in [0.4, 0.5) is 0 Å². The number of hydrogen-bond acceptors (Lipinski definition) is 4. The first-order valence-electron chi connectivity index (χ1n) is 6.12. The SMILES string of the molecule is Cc1nc2c(-c3ccc(C=O)cc3)c(C)nn2c(=O)[nH]1. The van der Waals surface area contributed by atoms with Gasteiger partial charge in [-0.2, -0.15) is 9.61 Å². The van der Waals surface area contributed by atoms with Gasteiger partial charge in [-0.1, -0.05) is 24.3 Å². The van der Waals surface area contributed by atoms with Gasteiger partial charge in [0.25, 0.3) is 0 Å². The summed E-state index contributed by atoms with van der Waals surface area (Å²) in [5, 5.41) is 4.21. The Morgan fingerprint density at radius 3 is 2.55 bits per heavy atom. The molecule has 0 amide bonds. The summed E-state index contributed by atoms with van der Waals surface area (Å²) in [7, 11) is 0. The van der Waals surface area contributed by atoms with E-state index in [1.807, 2.05) is 19.1 Å². The second-order valence-corrected chi connectivity index (χ2v) is 4.56. The molecule has 0 unspecified atom stereocenters. The molecular formula is C14H12N4O2. The molecule has 3 rings (SSSR count). The van der Waals surface area contributed by atoms with E-state index >= 15 is 0 Å². The average Bonchev–Trinajstić information content (AvgIpc) is 2.76. The van der Waals surface area contributed by atoms with Crippen molar-refractivity contribution < 1.29 is 4.79 Å². The first kappa shape index (κ1) is 12.3. The molecule has 1 N–H and O–H groups in total. The van der Waals surface area contributed by atoms with Crippen LogP contribution in [0.2, 0.25) is 0 Å². The third-order valence-corrected chi connectivity index (χ3v) is 3.13. The highest BCUT2D eigenvalue weighted by atomic mass is 16.1. The Labute approximate surface area is 114 Å². The number of aromatic amines is 1. The van der Waals surface area contributed by atoms with Gasteiger partial charge in [-0.05, 0) is 19.4 Å². The van der Waals surface area contributed by atoms with E-state index in [1.54, 1.807) is 19.1 Å². The molecule has 0 aliphatic carbocycles. The van der Waals surface area contributed by atoms with Gasteiger partial charge >= 0.3 is 5.69 Å². The molecule has 2 heterocycles. The molecule has 0 fully saturated rings. The van der Waals surface area contributed by atoms with Gasteiger partial charge in [0.15, 0.2) is 5.65 Å². The van der Waals surface area contributed by atoms with E-state index < -0.39 is 0 Å². The van der Waals surface area contributed by atoms with E-state index in [1.165, 1.54) is 4.52 Å². The lowest BCUT2D eigenvalue weighted by atomic mass is 10.0. The summed E-state index contributed by atoms with van der Waals surface area (Å²) in [5.74, 6) is 0.535. The minimum absolute atomic E-state index is 0.314. The Hall–Kier alpha value is -2.76. The van der Waals surface area contributed by atoms with Gasteiger partial charge in [0.05, 0.1) is 5.69 Å². The van der Waals surface area contributed by atoms with Crippen LogP contribution in [0.15, 0.2) is 29.1 Å². The molecule has 0 radical (unpaired) electrons. The van der Waals surface area contributed by atoms with Crippen molar-refractivity contribution in [2.45, 2.75) is 13.8 Å². The molecule has 0 saturated heterocycles. The Bertz CT molecular complexity index is 859. The number of nitrogens with zero attached hydrogens (tertiary/aromatic N) is 3. The highest BCUT2D eigenvalue weighted by Crippen LogP contribution is 2.26. The van der Waals surface area contributed by atoms with Gasteiger partial charge in [-0.15, -0.1) is 0 Å². The lowest BCUT2D eigenvalue weighted by Crippen LogP contribution is -2.19. The number of aryl methyl sites for hydroxylation is 2. The molecule has 6 heteroatoms. The Morgan fingerprint density at radius 1 is 1.20 bits per heavy atom. The van der Waals surface area contributed by atoms with Gasteiger partial charge in [-0.3, -0.25) is 9.78 Å². The van der Waals surface area contributed by atoms with Crippen molar-refractivity contribution in [2.75, 3.05) is 0 Å². The molecule has 0 spiro atoms. The number of hydrogen-bond donors (Lipinski definition) is 1. The predicted molar refractivity (Wildman–Crippen MR) is 73.9 cm³/mol. The van der Waals surface area contributed by atoms with Crippen LogP contribution in [0.3, 0.4) is 0 Å². The topological polar surface area (TPSA) is 80.1 Å². The Kier molecular flexibility index (Phi) is 2.71. The minimum Gasteiger partial charge on any atom is -0.298 e. The highest BCUT2D eigenvalue weighted by molar-refractivity contribution is 5.82. The summed E-state index contributed by atoms with van der Waals surface area (Å²) < 4.78 is 1.26. The van der Waals surface area contributed by atoms with Crippen molar-refractivity contribution in [2.24, 2.45) is 0 Å². The fourth-order valence-corrected chi connectivity index (χ4v) is 2.22. The van der Waals surface area contributed by atoms with Crippen molar-refractivity contribution in [3.05, 3.63) is 51.8 Å². The summed E-state index contributed by atoms with van der Waals surface area (Å²) in [6.07, 6.45) is 0.792. The first-order chi connectivity index (χ1) is 9.60. The zero-order chi connectivity index (χ0) is 14.3. The number of carbonyl (C=O) groups excluding carboxylic acids is 1. The van der Waals surface area contributed by atoms with Crippen LogP contribution in [0.1, 0.15) is 21.9 Å². The van der Waals surface area contributed by atoms with Crippen LogP contribution in [0, 0.1) is 13.8 Å². The van der Waals surface area contributed by atoms with Crippen LogP contribution in [-0.4, -0.2) is 25.9 Å². The number of carbonyl (C=O) groups is 1. The zero-order valence-electron chi connectivity index (χ0n) is 11.0. The molecule has 100 valence electrons. The summed E-state index contributed by atoms with van der Waals surface area (Å²) in [5.41, 5.74) is 3.20. The molecular weight excluding hydrogens is 256 g/mol. The van der Waals surface area contributed by atoms with E-state index in [0.717, 1.165) is 17.4 Å². The number of nitrogens with one attached hydrogen (secondary N) is 1. The summed E-state index contributed by atoms with van der Waals surface area (Å²) in [6.45, 7) is 3.55. The summed E-state index contributed by atoms with van der Waals surface area (Å²) in [4.78, 5) is 29.5. The van der Waals surface area contributed by atoms with E-state index in [-0.39, 0.29) is 5.69 Å². The van der Waals surface area contributed by atoms with E-state index in [0.29, 0.717) is 22.7 Å². The zero-order valence-corrected chi connectivity index (χ0v) is 11.0. The van der Waals surface area contributed by atoms with Crippen LogP contribution >= 0.6 is 0 Å². The molecule has 6 nitrogen and oxygen atoms in total. The number of aldehydes is 1. The van der Waals surface area contributed by atoms with Crippen molar-refractivity contribution >= 4 is 11.9 Å². The number of fused-ring (bicyclic) bond motifs is 1. The molecule has 0 aliphatic heterocycles. The monoisotopic (exact) mass is 268 g/mol. The van der Waals surface area contributed by atoms with Gasteiger partial charge in [0, 0.05) is 11.1 Å². The fraction of sp³-hybridized carbons (Fsp3) is 0.143. The molecule has 2 aromatic heterocycles. The standard InChI is InChI=1S/C14H12N4O2/c1-8-12(11-5-3-10(7-19)4-6-11)13-15-9(2)16-14(20)18(13)17-8/h3-7H,1-2H3,(H,15,16,20). The normalized spacial score (nSPS) is 10.9. The maximum atomic E-state index is 11.9. The smallest absolute Gasteiger partial charge is 0.298 e. The van der Waals surface area contributed by atoms with Gasteiger partial charge in [0.2, 0.25) is 0 Å². The van der Waals surface area contributed by atoms with Gasteiger partial charge in [-0.25, -0.2) is 9.78 Å². The van der Waals surface area contributed by atoms with Crippen LogP contribution in [0.5, 0.6) is 0 Å². The second kappa shape index (κ2) is 4.41. The van der Waals surface area contributed by atoms with Crippen molar-refractivity contribution in [3.8, 4) is 11.1 Å². The average molecular weight is 268 g/mol. The predicted octanol–water partition coefficient (Wildman–Crippen LogP) is 1.51. The fourth-order valence-electron chi connectivity index (χ4n) is 2.22. The third-order valence-electron chi connectivity index (χ3n) is 3.13. The number of benzene rings is 1. The lowest BCUT2D eigenvalue weighted by molar-refractivity contribution is 0.112. The van der Waals surface area contributed by atoms with E-state index in [4.69, 9.17) is 0 Å². The molecule has 0 aliphatic rings.